The Morgan fingerprint density at radius 3 is 2.40 bits per heavy atom. The van der Waals surface area contributed by atoms with Crippen molar-refractivity contribution in [3.8, 4) is 0 Å². The van der Waals surface area contributed by atoms with Gasteiger partial charge in [0, 0.05) is 19.6 Å². The van der Waals surface area contributed by atoms with Crippen LogP contribution in [0.25, 0.3) is 0 Å². The average Bonchev–Trinajstić information content (AvgIpc) is 2.94. The maximum Gasteiger partial charge on any atom is 0.329 e. The van der Waals surface area contributed by atoms with Gasteiger partial charge in [-0.15, -0.1) is 0 Å². The Kier molecular flexibility index (Phi) is 3.73. The quantitative estimate of drug-likeness (QED) is 0.803. The van der Waals surface area contributed by atoms with Gasteiger partial charge in [-0.05, 0) is 37.5 Å². The summed E-state index contributed by atoms with van der Waals surface area (Å²) < 4.78 is 0. The van der Waals surface area contributed by atoms with Gasteiger partial charge in [0.2, 0.25) is 0 Å². The summed E-state index contributed by atoms with van der Waals surface area (Å²) in [6, 6.07) is -0.0980. The topological polar surface area (TPSA) is 60.9 Å². The number of urea groups is 1. The molecule has 2 aliphatic heterocycles. The van der Waals surface area contributed by atoms with Crippen LogP contribution in [0.5, 0.6) is 0 Å². The van der Waals surface area contributed by atoms with Gasteiger partial charge >= 0.3 is 12.0 Å². The lowest BCUT2D eigenvalue weighted by atomic mass is 9.80. The summed E-state index contributed by atoms with van der Waals surface area (Å²) >= 11 is 0. The first-order valence-corrected chi connectivity index (χ1v) is 7.46. The fourth-order valence-electron chi connectivity index (χ4n) is 3.30. The fraction of sp³-hybridized carbons (Fsp3) is 0.867. The molecule has 2 saturated heterocycles. The zero-order valence-electron chi connectivity index (χ0n) is 13.0. The molecule has 2 unspecified atom stereocenters. The molecule has 5 nitrogen and oxygen atoms in total. The van der Waals surface area contributed by atoms with E-state index in [9.17, 15) is 14.7 Å². The molecule has 0 bridgehead atoms. The summed E-state index contributed by atoms with van der Waals surface area (Å²) in [4.78, 5) is 27.5. The van der Waals surface area contributed by atoms with Crippen LogP contribution in [0, 0.1) is 11.3 Å². The van der Waals surface area contributed by atoms with Gasteiger partial charge in [-0.25, -0.2) is 9.59 Å². The number of carbonyl (C=O) groups is 2. The molecule has 5 heteroatoms. The smallest absolute Gasteiger partial charge is 0.329 e. The molecule has 2 heterocycles. The zero-order valence-corrected chi connectivity index (χ0v) is 13.0. The lowest BCUT2D eigenvalue weighted by Crippen LogP contribution is -2.54. The Hall–Kier alpha value is -1.26. The van der Waals surface area contributed by atoms with Crippen LogP contribution in [0.15, 0.2) is 0 Å². The van der Waals surface area contributed by atoms with Crippen molar-refractivity contribution in [2.24, 2.45) is 11.3 Å². The van der Waals surface area contributed by atoms with Crippen LogP contribution in [0.3, 0.4) is 0 Å². The molecule has 1 N–H and O–H groups in total. The van der Waals surface area contributed by atoms with Crippen molar-refractivity contribution in [3.05, 3.63) is 0 Å². The Labute approximate surface area is 120 Å². The fourth-order valence-corrected chi connectivity index (χ4v) is 3.30. The van der Waals surface area contributed by atoms with Crippen molar-refractivity contribution in [1.82, 2.24) is 9.80 Å². The minimum atomic E-state index is -1.03. The second-order valence-electron chi connectivity index (χ2n) is 7.41. The van der Waals surface area contributed by atoms with Crippen LogP contribution in [0.2, 0.25) is 0 Å². The third kappa shape index (κ3) is 2.50. The highest BCUT2D eigenvalue weighted by molar-refractivity contribution is 5.86. The van der Waals surface area contributed by atoms with Gasteiger partial charge < -0.3 is 14.9 Å². The maximum absolute atomic E-state index is 12.6. The second kappa shape index (κ2) is 4.93. The van der Waals surface area contributed by atoms with Crippen LogP contribution in [0.4, 0.5) is 4.79 Å². The number of carboxylic acid groups (broad SMARTS) is 1. The minimum Gasteiger partial charge on any atom is -0.480 e. The summed E-state index contributed by atoms with van der Waals surface area (Å²) in [5, 5.41) is 9.40. The molecule has 2 atom stereocenters. The zero-order chi connectivity index (χ0) is 15.1. The van der Waals surface area contributed by atoms with E-state index in [0.29, 0.717) is 18.9 Å². The predicted molar refractivity (Wildman–Crippen MR) is 76.5 cm³/mol. The van der Waals surface area contributed by atoms with Crippen LogP contribution < -0.4 is 0 Å². The molecule has 0 aromatic heterocycles. The van der Waals surface area contributed by atoms with E-state index in [4.69, 9.17) is 0 Å². The monoisotopic (exact) mass is 282 g/mol. The first-order valence-electron chi connectivity index (χ1n) is 7.46. The van der Waals surface area contributed by atoms with Gasteiger partial charge in [-0.2, -0.15) is 0 Å². The van der Waals surface area contributed by atoms with Gasteiger partial charge in [-0.1, -0.05) is 20.8 Å². The first-order chi connectivity index (χ1) is 9.16. The molecule has 20 heavy (non-hydrogen) atoms. The van der Waals surface area contributed by atoms with Crippen molar-refractivity contribution in [1.29, 1.82) is 0 Å². The normalized spacial score (nSPS) is 30.9. The van der Waals surface area contributed by atoms with Gasteiger partial charge in [0.1, 0.15) is 5.54 Å². The Morgan fingerprint density at radius 1 is 1.25 bits per heavy atom. The molecular weight excluding hydrogens is 256 g/mol. The number of hydrogen-bond acceptors (Lipinski definition) is 2. The van der Waals surface area contributed by atoms with E-state index in [-0.39, 0.29) is 11.4 Å². The van der Waals surface area contributed by atoms with Crippen LogP contribution in [-0.4, -0.2) is 52.1 Å². The highest BCUT2D eigenvalue weighted by Crippen LogP contribution is 2.36. The molecule has 0 radical (unpaired) electrons. The highest BCUT2D eigenvalue weighted by atomic mass is 16.4. The second-order valence-corrected chi connectivity index (χ2v) is 7.41. The summed E-state index contributed by atoms with van der Waals surface area (Å²) in [6.07, 6.45) is 2.32. The number of nitrogens with zero attached hydrogens (tertiary/aromatic N) is 2. The van der Waals surface area contributed by atoms with E-state index in [1.54, 1.807) is 11.8 Å². The third-order valence-electron chi connectivity index (χ3n) is 5.02. The molecule has 0 saturated carbocycles. The summed E-state index contributed by atoms with van der Waals surface area (Å²) in [5.74, 6) is -0.403. The molecule has 2 amide bonds. The molecule has 2 fully saturated rings. The molecule has 0 aromatic rings. The van der Waals surface area contributed by atoms with E-state index >= 15 is 0 Å². The van der Waals surface area contributed by atoms with Crippen molar-refractivity contribution < 1.29 is 14.7 Å². The lowest BCUT2D eigenvalue weighted by molar-refractivity contribution is -0.147. The van der Waals surface area contributed by atoms with Gasteiger partial charge in [0.05, 0.1) is 0 Å². The minimum absolute atomic E-state index is 0.0980. The van der Waals surface area contributed by atoms with Crippen molar-refractivity contribution in [3.63, 3.8) is 0 Å². The van der Waals surface area contributed by atoms with Gasteiger partial charge in [0.25, 0.3) is 0 Å². The van der Waals surface area contributed by atoms with Crippen molar-refractivity contribution in [2.75, 3.05) is 19.6 Å². The van der Waals surface area contributed by atoms with Crippen LogP contribution in [0.1, 0.15) is 47.0 Å². The molecule has 2 aliphatic rings. The number of rotatable bonds is 1. The Balaban J connectivity index is 2.08. The SMILES string of the molecule is CC(C)(C)C1CCN(C(=O)N2CCCC2(C)C(=O)O)C1. The molecule has 0 aromatic carbocycles. The highest BCUT2D eigenvalue weighted by Gasteiger charge is 2.48. The van der Waals surface area contributed by atoms with E-state index in [2.05, 4.69) is 20.8 Å². The maximum atomic E-state index is 12.6. The Morgan fingerprint density at radius 2 is 1.90 bits per heavy atom. The van der Waals surface area contributed by atoms with E-state index < -0.39 is 11.5 Å². The van der Waals surface area contributed by atoms with Gasteiger partial charge in [0.15, 0.2) is 0 Å². The number of carboxylic acids is 1. The molecule has 114 valence electrons. The van der Waals surface area contributed by atoms with E-state index in [1.807, 2.05) is 4.90 Å². The van der Waals surface area contributed by atoms with Crippen LogP contribution in [-0.2, 0) is 4.79 Å². The Bertz CT molecular complexity index is 416. The number of amides is 2. The largest absolute Gasteiger partial charge is 0.480 e. The van der Waals surface area contributed by atoms with E-state index in [1.165, 1.54) is 0 Å². The summed E-state index contributed by atoms with van der Waals surface area (Å²) in [6.45, 7) is 10.3. The summed E-state index contributed by atoms with van der Waals surface area (Å²) in [5.41, 5.74) is -0.840. The predicted octanol–water partition coefficient (Wildman–Crippen LogP) is 2.41. The summed E-state index contributed by atoms with van der Waals surface area (Å²) in [7, 11) is 0. The standard InChI is InChI=1S/C15H26N2O3/c1-14(2,3)11-6-9-16(10-11)13(20)17-8-5-7-15(17,4)12(18)19/h11H,5-10H2,1-4H3,(H,18,19). The van der Waals surface area contributed by atoms with Crippen molar-refractivity contribution >= 4 is 12.0 Å². The average molecular weight is 282 g/mol. The molecule has 2 rings (SSSR count). The molecule has 0 aliphatic carbocycles. The first kappa shape index (κ1) is 15.1. The van der Waals surface area contributed by atoms with E-state index in [0.717, 1.165) is 25.9 Å². The number of likely N-dealkylation sites (tertiary alicyclic amines) is 2. The number of hydrogen-bond donors (Lipinski definition) is 1. The van der Waals surface area contributed by atoms with Gasteiger partial charge in [-0.3, -0.25) is 0 Å². The van der Waals surface area contributed by atoms with Crippen molar-refractivity contribution in [2.45, 2.75) is 52.5 Å². The molecule has 0 spiro atoms. The van der Waals surface area contributed by atoms with Crippen LogP contribution >= 0.6 is 0 Å². The number of carbonyl (C=O) groups excluding carboxylic acids is 1. The number of aliphatic carboxylic acids is 1. The molecular formula is C15H26N2O3. The lowest BCUT2D eigenvalue weighted by Gasteiger charge is -2.35. The third-order valence-corrected chi connectivity index (χ3v) is 5.02.